The molecular weight excluding hydrogens is 324 g/mol. The Bertz CT molecular complexity index is 747. The van der Waals surface area contributed by atoms with Crippen LogP contribution in [0.1, 0.15) is 80.8 Å². The van der Waals surface area contributed by atoms with Gasteiger partial charge in [-0.05, 0) is 87.0 Å². The normalized spacial score (nSPS) is 44.4. The maximum Gasteiger partial charge on any atom is 0.216 e. The molecule has 0 saturated heterocycles. The zero-order valence-corrected chi connectivity index (χ0v) is 16.0. The lowest BCUT2D eigenvalue weighted by Crippen LogP contribution is -2.62. The van der Waals surface area contributed by atoms with Crippen LogP contribution in [0.3, 0.4) is 0 Å². The molecule has 1 N–H and O–H groups in total. The van der Waals surface area contributed by atoms with E-state index in [9.17, 15) is 0 Å². The molecule has 140 valence electrons. The van der Waals surface area contributed by atoms with Gasteiger partial charge >= 0.3 is 0 Å². The van der Waals surface area contributed by atoms with E-state index in [0.29, 0.717) is 11.8 Å². The molecule has 0 aliphatic heterocycles. The smallest absolute Gasteiger partial charge is 0.216 e. The van der Waals surface area contributed by atoms with Gasteiger partial charge in [0, 0.05) is 18.2 Å². The molecule has 26 heavy (non-hydrogen) atoms. The minimum atomic E-state index is 0.124. The molecule has 0 aromatic carbocycles. The topological polar surface area (TPSA) is 43.4 Å². The molecule has 4 nitrogen and oxygen atoms in total. The van der Waals surface area contributed by atoms with E-state index in [1.807, 2.05) is 7.11 Å². The number of hydrogen-bond acceptors (Lipinski definition) is 4. The number of methoxy groups -OCH3 is 2. The zero-order valence-electron chi connectivity index (χ0n) is 16.0. The fourth-order valence-corrected chi connectivity index (χ4v) is 7.97. The van der Waals surface area contributed by atoms with Crippen molar-refractivity contribution < 1.29 is 9.47 Å². The van der Waals surface area contributed by atoms with Gasteiger partial charge in [0.2, 0.25) is 5.88 Å². The molecule has 1 heterocycles. The summed E-state index contributed by atoms with van der Waals surface area (Å²) in [5.41, 5.74) is 4.60. The molecule has 6 aliphatic carbocycles. The molecule has 5 saturated carbocycles. The summed E-state index contributed by atoms with van der Waals surface area (Å²) in [7, 11) is 3.70. The second kappa shape index (κ2) is 5.15. The molecule has 4 unspecified atom stereocenters. The number of hydrogen-bond donors (Lipinski definition) is 1. The number of fused-ring (bicyclic) bond motifs is 5. The molecule has 0 spiro atoms. The first-order valence-electron chi connectivity index (χ1n) is 10.5. The number of rotatable bonds is 4. The summed E-state index contributed by atoms with van der Waals surface area (Å²) in [6, 6.07) is 0. The summed E-state index contributed by atoms with van der Waals surface area (Å²) in [4.78, 5) is 4.71. The standard InChI is InChI=1S/C22H30N2O2/c1-25-20-19-16-4-3-15(6-16)18(19)17(11-23-20)24-21-7-13-5-14(8-21)10-22(9-13,12-21)26-2/h11,13-16,24H,3-10,12H2,1-2H3. The van der Waals surface area contributed by atoms with Gasteiger partial charge in [-0.15, -0.1) is 0 Å². The average Bonchev–Trinajstić information content (AvgIpc) is 3.23. The van der Waals surface area contributed by atoms with Crippen molar-refractivity contribution in [1.82, 2.24) is 4.98 Å². The fourth-order valence-electron chi connectivity index (χ4n) is 7.97. The van der Waals surface area contributed by atoms with Gasteiger partial charge in [-0.1, -0.05) is 0 Å². The van der Waals surface area contributed by atoms with Gasteiger partial charge in [0.25, 0.3) is 0 Å². The van der Waals surface area contributed by atoms with Crippen molar-refractivity contribution in [1.29, 1.82) is 0 Å². The van der Waals surface area contributed by atoms with Crippen LogP contribution in [0.4, 0.5) is 5.69 Å². The Balaban J connectivity index is 1.39. The Kier molecular flexibility index (Phi) is 3.12. The largest absolute Gasteiger partial charge is 0.481 e. The van der Waals surface area contributed by atoms with E-state index < -0.39 is 0 Å². The lowest BCUT2D eigenvalue weighted by atomic mass is 9.51. The van der Waals surface area contributed by atoms with Crippen LogP contribution >= 0.6 is 0 Å². The van der Waals surface area contributed by atoms with Crippen LogP contribution in [0.2, 0.25) is 0 Å². The number of anilines is 1. The Morgan fingerprint density at radius 2 is 1.73 bits per heavy atom. The van der Waals surface area contributed by atoms with Gasteiger partial charge in [0.1, 0.15) is 0 Å². The number of aromatic nitrogens is 1. The third-order valence-corrected chi connectivity index (χ3v) is 8.40. The zero-order chi connectivity index (χ0) is 17.5. The van der Waals surface area contributed by atoms with Crippen LogP contribution in [0.25, 0.3) is 0 Å². The lowest BCUT2D eigenvalue weighted by molar-refractivity contribution is -0.148. The van der Waals surface area contributed by atoms with Crippen molar-refractivity contribution in [2.75, 3.05) is 19.5 Å². The SMILES string of the molecule is COc1ncc(NC23CC4CC(C2)CC(OC)(C4)C3)c2c1C1CCC2C1. The summed E-state index contributed by atoms with van der Waals surface area (Å²) in [5.74, 6) is 3.91. The third kappa shape index (κ3) is 2.02. The Morgan fingerprint density at radius 1 is 1.00 bits per heavy atom. The van der Waals surface area contributed by atoms with Crippen molar-refractivity contribution in [2.45, 2.75) is 80.8 Å². The highest BCUT2D eigenvalue weighted by Gasteiger charge is 2.58. The second-order valence-corrected chi connectivity index (χ2v) is 9.97. The minimum Gasteiger partial charge on any atom is -0.481 e. The molecule has 5 fully saturated rings. The van der Waals surface area contributed by atoms with E-state index in [2.05, 4.69) is 11.5 Å². The Labute approximate surface area is 156 Å². The maximum absolute atomic E-state index is 6.12. The maximum atomic E-state index is 6.12. The Hall–Kier alpha value is -1.29. The predicted molar refractivity (Wildman–Crippen MR) is 101 cm³/mol. The number of nitrogens with zero attached hydrogens (tertiary/aromatic N) is 1. The molecule has 4 heteroatoms. The number of pyridine rings is 1. The van der Waals surface area contributed by atoms with Crippen molar-refractivity contribution in [3.8, 4) is 5.88 Å². The van der Waals surface area contributed by atoms with E-state index in [-0.39, 0.29) is 11.1 Å². The number of nitrogens with one attached hydrogen (secondary N) is 1. The summed E-state index contributed by atoms with van der Waals surface area (Å²) < 4.78 is 11.7. The van der Waals surface area contributed by atoms with Gasteiger partial charge in [0.05, 0.1) is 24.6 Å². The van der Waals surface area contributed by atoms with Crippen molar-refractivity contribution in [3.05, 3.63) is 17.3 Å². The lowest BCUT2D eigenvalue weighted by Gasteiger charge is -2.61. The first kappa shape index (κ1) is 15.7. The van der Waals surface area contributed by atoms with Gasteiger partial charge in [0.15, 0.2) is 0 Å². The van der Waals surface area contributed by atoms with Crippen LogP contribution < -0.4 is 10.1 Å². The summed E-state index contributed by atoms with van der Waals surface area (Å²) >= 11 is 0. The van der Waals surface area contributed by atoms with Gasteiger partial charge in [-0.25, -0.2) is 4.98 Å². The summed E-state index contributed by atoms with van der Waals surface area (Å²) in [6.45, 7) is 0. The first-order chi connectivity index (χ1) is 12.6. The quantitative estimate of drug-likeness (QED) is 0.858. The van der Waals surface area contributed by atoms with Gasteiger partial charge in [-0.3, -0.25) is 0 Å². The van der Waals surface area contributed by atoms with Crippen molar-refractivity contribution in [3.63, 3.8) is 0 Å². The van der Waals surface area contributed by atoms with E-state index in [1.54, 1.807) is 7.11 Å². The van der Waals surface area contributed by atoms with E-state index in [0.717, 1.165) is 17.7 Å². The van der Waals surface area contributed by atoms with Crippen LogP contribution in [-0.2, 0) is 4.74 Å². The van der Waals surface area contributed by atoms with Crippen LogP contribution in [0, 0.1) is 11.8 Å². The highest BCUT2D eigenvalue weighted by atomic mass is 16.5. The fraction of sp³-hybridized carbons (Fsp3) is 0.773. The molecule has 0 radical (unpaired) electrons. The third-order valence-electron chi connectivity index (χ3n) is 8.40. The van der Waals surface area contributed by atoms with Crippen molar-refractivity contribution in [2.24, 2.45) is 11.8 Å². The molecule has 6 bridgehead atoms. The highest BCUT2D eigenvalue weighted by molar-refractivity contribution is 5.63. The Morgan fingerprint density at radius 3 is 2.42 bits per heavy atom. The monoisotopic (exact) mass is 354 g/mol. The van der Waals surface area contributed by atoms with Crippen LogP contribution in [0.5, 0.6) is 5.88 Å². The molecule has 6 aliphatic rings. The highest BCUT2D eigenvalue weighted by Crippen LogP contribution is 2.61. The molecular formula is C22H30N2O2. The predicted octanol–water partition coefficient (Wildman–Crippen LogP) is 4.60. The number of ether oxygens (including phenoxy) is 2. The average molecular weight is 354 g/mol. The first-order valence-corrected chi connectivity index (χ1v) is 10.5. The minimum absolute atomic E-state index is 0.124. The molecule has 1 aromatic rings. The second-order valence-electron chi connectivity index (χ2n) is 9.97. The van der Waals surface area contributed by atoms with Gasteiger partial charge in [-0.2, -0.15) is 0 Å². The van der Waals surface area contributed by atoms with Crippen molar-refractivity contribution >= 4 is 5.69 Å². The molecule has 1 aromatic heterocycles. The summed E-state index contributed by atoms with van der Waals surface area (Å²) in [6.07, 6.45) is 13.7. The van der Waals surface area contributed by atoms with Crippen LogP contribution in [-0.4, -0.2) is 30.3 Å². The van der Waals surface area contributed by atoms with Crippen LogP contribution in [0.15, 0.2) is 6.20 Å². The molecule has 4 atom stereocenters. The summed E-state index contributed by atoms with van der Waals surface area (Å²) in [5, 5.41) is 4.08. The van der Waals surface area contributed by atoms with E-state index in [4.69, 9.17) is 14.5 Å². The van der Waals surface area contributed by atoms with Gasteiger partial charge < -0.3 is 14.8 Å². The molecule has 7 rings (SSSR count). The van der Waals surface area contributed by atoms with E-state index in [1.165, 1.54) is 74.6 Å². The van der Waals surface area contributed by atoms with E-state index >= 15 is 0 Å². The molecule has 0 amide bonds.